The highest BCUT2D eigenvalue weighted by Crippen LogP contribution is 2.70. The maximum absolute atomic E-state index is 13.3. The van der Waals surface area contributed by atoms with Gasteiger partial charge >= 0.3 is 0 Å². The minimum Gasteiger partial charge on any atom is -0.324 e. The molecule has 0 aliphatic heterocycles. The monoisotopic (exact) mass is 336 g/mol. The Hall–Kier alpha value is -2.23. The van der Waals surface area contributed by atoms with Crippen molar-refractivity contribution in [2.75, 3.05) is 5.32 Å². The van der Waals surface area contributed by atoms with Crippen LogP contribution in [-0.4, -0.2) is 16.7 Å². The van der Waals surface area contributed by atoms with E-state index in [9.17, 15) is 9.59 Å². The van der Waals surface area contributed by atoms with Crippen molar-refractivity contribution < 1.29 is 9.59 Å². The first-order chi connectivity index (χ1) is 11.7. The van der Waals surface area contributed by atoms with Crippen LogP contribution >= 0.6 is 0 Å². The number of para-hydroxylation sites is 1. The van der Waals surface area contributed by atoms with Gasteiger partial charge in [-0.15, -0.1) is 0 Å². The Morgan fingerprint density at radius 1 is 1.12 bits per heavy atom. The molecule has 2 aliphatic rings. The molecule has 0 spiro atoms. The van der Waals surface area contributed by atoms with Crippen molar-refractivity contribution in [3.05, 3.63) is 36.0 Å². The summed E-state index contributed by atoms with van der Waals surface area (Å²) in [4.78, 5) is 30.5. The van der Waals surface area contributed by atoms with E-state index in [1.807, 2.05) is 44.2 Å². The first-order valence-electron chi connectivity index (χ1n) is 8.92. The Kier molecular flexibility index (Phi) is 3.19. The molecule has 130 valence electrons. The zero-order valence-electron chi connectivity index (χ0n) is 15.3. The van der Waals surface area contributed by atoms with Crippen LogP contribution in [0.25, 0.3) is 10.9 Å². The van der Waals surface area contributed by atoms with E-state index in [0.29, 0.717) is 6.42 Å². The van der Waals surface area contributed by atoms with Gasteiger partial charge in [0.1, 0.15) is 5.78 Å². The van der Waals surface area contributed by atoms with Gasteiger partial charge in [0.15, 0.2) is 0 Å². The van der Waals surface area contributed by atoms with Crippen LogP contribution in [0.15, 0.2) is 30.3 Å². The van der Waals surface area contributed by atoms with Crippen LogP contribution in [0.2, 0.25) is 0 Å². The fraction of sp³-hybridized carbons (Fsp3) is 0.476. The second-order valence-corrected chi connectivity index (χ2v) is 8.42. The number of benzene rings is 1. The molecule has 2 aliphatic carbocycles. The second kappa shape index (κ2) is 4.90. The number of Topliss-reactive ketones (excluding diaryl/α,β-unsaturated/α-hetero) is 1. The summed E-state index contributed by atoms with van der Waals surface area (Å²) in [6.07, 6.45) is 1.91. The number of carbonyl (C=O) groups is 2. The maximum atomic E-state index is 13.3. The highest BCUT2D eigenvalue weighted by atomic mass is 16.2. The van der Waals surface area contributed by atoms with Crippen molar-refractivity contribution in [2.45, 2.75) is 47.0 Å². The molecule has 2 atom stereocenters. The van der Waals surface area contributed by atoms with Crippen LogP contribution in [0.3, 0.4) is 0 Å². The van der Waals surface area contributed by atoms with Gasteiger partial charge in [-0.1, -0.05) is 39.0 Å². The molecule has 1 heterocycles. The van der Waals surface area contributed by atoms with E-state index in [-0.39, 0.29) is 17.1 Å². The van der Waals surface area contributed by atoms with Gasteiger partial charge < -0.3 is 5.32 Å². The molecule has 1 aromatic heterocycles. The topological polar surface area (TPSA) is 59.1 Å². The Bertz CT molecular complexity index is 917. The molecule has 2 saturated carbocycles. The lowest BCUT2D eigenvalue weighted by Gasteiger charge is -2.38. The summed E-state index contributed by atoms with van der Waals surface area (Å²) < 4.78 is 0. The molecule has 1 aromatic carbocycles. The average molecular weight is 336 g/mol. The van der Waals surface area contributed by atoms with Gasteiger partial charge in [0.2, 0.25) is 5.91 Å². The third-order valence-corrected chi connectivity index (χ3v) is 7.25. The summed E-state index contributed by atoms with van der Waals surface area (Å²) in [7, 11) is 0. The number of aryl methyl sites for hydroxylation is 1. The van der Waals surface area contributed by atoms with Gasteiger partial charge in [0, 0.05) is 22.9 Å². The van der Waals surface area contributed by atoms with Crippen LogP contribution in [0.5, 0.6) is 0 Å². The molecule has 2 aromatic rings. The number of anilines is 1. The van der Waals surface area contributed by atoms with Crippen LogP contribution in [-0.2, 0) is 9.59 Å². The van der Waals surface area contributed by atoms with Crippen molar-refractivity contribution in [3.8, 4) is 0 Å². The fourth-order valence-corrected chi connectivity index (χ4v) is 4.95. The lowest BCUT2D eigenvalue weighted by atomic mass is 9.64. The summed E-state index contributed by atoms with van der Waals surface area (Å²) in [6, 6.07) is 9.79. The van der Waals surface area contributed by atoms with Crippen LogP contribution in [0.1, 0.15) is 45.7 Å². The van der Waals surface area contributed by atoms with E-state index in [4.69, 9.17) is 0 Å². The predicted octanol–water partition coefficient (Wildman–Crippen LogP) is 4.27. The largest absolute Gasteiger partial charge is 0.324 e. The molecule has 2 bridgehead atoms. The standard InChI is InChI=1S/C21H24N2O2/c1-13-8-9-14-6-5-7-15(17(14)22-13)23-18(25)21-11-10-20(4,16(24)12-21)19(21,2)3/h5-9H,10-12H2,1-4H3,(H,23,25)/t20-,21-/m1/s1. The third kappa shape index (κ3) is 1.91. The van der Waals surface area contributed by atoms with E-state index in [2.05, 4.69) is 24.1 Å². The van der Waals surface area contributed by atoms with E-state index in [1.54, 1.807) is 0 Å². The van der Waals surface area contributed by atoms with Crippen molar-refractivity contribution in [2.24, 2.45) is 16.2 Å². The summed E-state index contributed by atoms with van der Waals surface area (Å²) in [5.74, 6) is 0.189. The Balaban J connectivity index is 1.75. The van der Waals surface area contributed by atoms with Gasteiger partial charge in [-0.05, 0) is 37.3 Å². The molecule has 0 radical (unpaired) electrons. The molecule has 4 nitrogen and oxygen atoms in total. The number of hydrogen-bond acceptors (Lipinski definition) is 3. The number of hydrogen-bond donors (Lipinski definition) is 1. The zero-order chi connectivity index (χ0) is 18.0. The molecule has 0 unspecified atom stereocenters. The fourth-order valence-electron chi connectivity index (χ4n) is 4.95. The maximum Gasteiger partial charge on any atom is 0.231 e. The van der Waals surface area contributed by atoms with Crippen molar-refractivity contribution in [1.82, 2.24) is 4.98 Å². The van der Waals surface area contributed by atoms with Crippen molar-refractivity contribution >= 4 is 28.3 Å². The molecule has 4 rings (SSSR count). The van der Waals surface area contributed by atoms with Gasteiger partial charge in [0.05, 0.1) is 16.6 Å². The summed E-state index contributed by atoms with van der Waals surface area (Å²) >= 11 is 0. The van der Waals surface area contributed by atoms with E-state index < -0.39 is 10.8 Å². The lowest BCUT2D eigenvalue weighted by molar-refractivity contribution is -0.131. The Morgan fingerprint density at radius 2 is 1.88 bits per heavy atom. The number of carbonyl (C=O) groups excluding carboxylic acids is 2. The average Bonchev–Trinajstić information content (AvgIpc) is 2.86. The lowest BCUT2D eigenvalue weighted by Crippen LogP contribution is -2.43. The van der Waals surface area contributed by atoms with Crippen molar-refractivity contribution in [1.29, 1.82) is 0 Å². The number of pyridine rings is 1. The molecule has 0 saturated heterocycles. The quantitative estimate of drug-likeness (QED) is 0.891. The van der Waals surface area contributed by atoms with Crippen LogP contribution in [0, 0.1) is 23.2 Å². The third-order valence-electron chi connectivity index (χ3n) is 7.25. The van der Waals surface area contributed by atoms with E-state index in [1.165, 1.54) is 0 Å². The van der Waals surface area contributed by atoms with Gasteiger partial charge in [-0.2, -0.15) is 0 Å². The first kappa shape index (κ1) is 16.2. The number of amides is 1. The van der Waals surface area contributed by atoms with Gasteiger partial charge in [-0.25, -0.2) is 0 Å². The highest BCUT2D eigenvalue weighted by Gasteiger charge is 2.72. The van der Waals surface area contributed by atoms with Gasteiger partial charge in [-0.3, -0.25) is 14.6 Å². The molecule has 4 heteroatoms. The van der Waals surface area contributed by atoms with E-state index in [0.717, 1.165) is 35.1 Å². The number of fused-ring (bicyclic) bond motifs is 3. The smallest absolute Gasteiger partial charge is 0.231 e. The molecule has 1 amide bonds. The molecular weight excluding hydrogens is 312 g/mol. The number of rotatable bonds is 2. The first-order valence-corrected chi connectivity index (χ1v) is 8.92. The number of nitrogens with one attached hydrogen (secondary N) is 1. The normalized spacial score (nSPS) is 30.0. The summed E-state index contributed by atoms with van der Waals surface area (Å²) in [5, 5.41) is 4.11. The number of nitrogens with zero attached hydrogens (tertiary/aromatic N) is 1. The highest BCUT2D eigenvalue weighted by molar-refractivity contribution is 6.07. The van der Waals surface area contributed by atoms with Crippen molar-refractivity contribution in [3.63, 3.8) is 0 Å². The predicted molar refractivity (Wildman–Crippen MR) is 98.3 cm³/mol. The molecular formula is C21H24N2O2. The molecule has 25 heavy (non-hydrogen) atoms. The van der Waals surface area contributed by atoms with Gasteiger partial charge in [0.25, 0.3) is 0 Å². The van der Waals surface area contributed by atoms with Crippen LogP contribution in [0.4, 0.5) is 5.69 Å². The molecule has 2 fully saturated rings. The zero-order valence-corrected chi connectivity index (χ0v) is 15.3. The van der Waals surface area contributed by atoms with E-state index >= 15 is 0 Å². The molecule has 1 N–H and O–H groups in total. The minimum absolute atomic E-state index is 0.0390. The summed E-state index contributed by atoms with van der Waals surface area (Å²) in [5.41, 5.74) is 1.09. The second-order valence-electron chi connectivity index (χ2n) is 8.42. The minimum atomic E-state index is -0.620. The SMILES string of the molecule is Cc1ccc2cccc(NC(=O)[C@@]34CC[C@](C)(C(=O)C3)C4(C)C)c2n1. The summed E-state index contributed by atoms with van der Waals surface area (Å²) in [6.45, 7) is 8.13. The number of ketones is 1. The number of aromatic nitrogens is 1. The Labute approximate surface area is 148 Å². The van der Waals surface area contributed by atoms with Crippen LogP contribution < -0.4 is 5.32 Å². The Morgan fingerprint density at radius 3 is 2.52 bits per heavy atom.